The highest BCUT2D eigenvalue weighted by Crippen LogP contribution is 2.34. The van der Waals surface area contributed by atoms with Crippen molar-refractivity contribution < 1.29 is 48.4 Å². The first-order chi connectivity index (χ1) is 30.4. The highest BCUT2D eigenvalue weighted by atomic mass is 32.2. The Labute approximate surface area is 309 Å². The molecule has 5 rings (SSSR count). The van der Waals surface area contributed by atoms with E-state index in [1.54, 1.807) is 0 Å². The summed E-state index contributed by atoms with van der Waals surface area (Å²) >= 11 is 0.546. The van der Waals surface area contributed by atoms with Crippen molar-refractivity contribution >= 4 is 17.7 Å². The van der Waals surface area contributed by atoms with E-state index in [0.717, 1.165) is 24.0 Å². The fraction of sp³-hybridized carbons (Fsp3) is 0.378. The summed E-state index contributed by atoms with van der Waals surface area (Å²) in [5.41, 5.74) is -9.71. The van der Waals surface area contributed by atoms with Crippen LogP contribution in [0.1, 0.15) is 79.8 Å². The van der Waals surface area contributed by atoms with Crippen LogP contribution in [-0.4, -0.2) is 51.3 Å². The second-order valence-electron chi connectivity index (χ2n) is 10.0. The lowest BCUT2D eigenvalue weighted by molar-refractivity contribution is -0.138. The zero-order valence-electron chi connectivity index (χ0n) is 44.7. The van der Waals surface area contributed by atoms with Crippen molar-refractivity contribution in [2.24, 2.45) is 0 Å². The first-order valence-electron chi connectivity index (χ1n) is 23.8. The molecule has 0 radical (unpaired) electrons. The number of fused-ring (bicyclic) bond motifs is 1. The van der Waals surface area contributed by atoms with Gasteiger partial charge >= 0.3 is 6.18 Å². The molecule has 1 heterocycles. The van der Waals surface area contributed by atoms with E-state index in [9.17, 15) is 27.8 Å². The minimum absolute atomic E-state index is 0.242. The van der Waals surface area contributed by atoms with E-state index < -0.39 is 160 Å². The molecule has 11 heteroatoms. The Hall–Kier alpha value is -3.96. The number of hydrogen-bond donors (Lipinski definition) is 0. The third-order valence-electron chi connectivity index (χ3n) is 6.81. The van der Waals surface area contributed by atoms with Crippen LogP contribution < -0.4 is 5.56 Å². The van der Waals surface area contributed by atoms with Crippen LogP contribution in [0.5, 0.6) is 0 Å². The van der Waals surface area contributed by atoms with Crippen LogP contribution >= 0.6 is 11.8 Å². The fourth-order valence-corrected chi connectivity index (χ4v) is 5.24. The summed E-state index contributed by atoms with van der Waals surface area (Å²) in [7, 11) is 0. The quantitative estimate of drug-likeness (QED) is 0.0821. The van der Waals surface area contributed by atoms with Gasteiger partial charge in [-0.2, -0.15) is 18.2 Å². The molecule has 48 heavy (non-hydrogen) atoms. The summed E-state index contributed by atoms with van der Waals surface area (Å²) in [6, 6.07) is -4.93. The van der Waals surface area contributed by atoms with Gasteiger partial charge in [0, 0.05) is 47.5 Å². The van der Waals surface area contributed by atoms with Gasteiger partial charge in [-0.15, -0.1) is 0 Å². The number of alkyl halides is 3. The van der Waals surface area contributed by atoms with Crippen LogP contribution in [0.2, 0.25) is 0 Å². The Morgan fingerprint density at radius 3 is 2.38 bits per heavy atom. The highest BCUT2D eigenvalue weighted by molar-refractivity contribution is 7.98. The topological polar surface area (TPSA) is 58.4 Å². The van der Waals surface area contributed by atoms with Crippen LogP contribution in [0.3, 0.4) is 0 Å². The molecule has 0 N–H and O–H groups in total. The lowest BCUT2D eigenvalue weighted by atomic mass is 9.98. The molecule has 0 saturated heterocycles. The molecule has 1 amide bonds. The Morgan fingerprint density at radius 2 is 1.71 bits per heavy atom. The summed E-state index contributed by atoms with van der Waals surface area (Å²) in [5.74, 6) is -2.81. The van der Waals surface area contributed by atoms with Gasteiger partial charge in [-0.3, -0.25) is 9.59 Å². The smallest absolute Gasteiger partial charge is 0.336 e. The van der Waals surface area contributed by atoms with Gasteiger partial charge in [0.15, 0.2) is 5.16 Å². The number of nitrogens with zero attached hydrogens (tertiary/aromatic N) is 4. The van der Waals surface area contributed by atoms with Crippen molar-refractivity contribution in [1.29, 1.82) is 0 Å². The van der Waals surface area contributed by atoms with Crippen molar-refractivity contribution in [2.45, 2.75) is 70.0 Å². The molecule has 6 nitrogen and oxygen atoms in total. The largest absolute Gasteiger partial charge is 0.416 e. The number of likely N-dealkylation sites (N-methyl/N-ethyl adjacent to an activating group) is 1. The standard InChI is InChI=1S/C37H40F4N4O2S/c1-4-43(5-2)19-20-44(22-26-9-13-28(14-10-26)29-15-18-32(25(3)21-29)37(39,40)41)34(46)23-45-33-8-6-7-31(33)35(47)42-36(45)48-24-27-11-16-30(38)17-12-27/h9-18,21H,4-8,19-20,22-24H2,1-3H3/i6D2,7D2,8D2,9D,10D,13D,14D,15D,18D,19D2,20D2,21D,22D2. The average Bonchev–Trinajstić information content (AvgIpc) is 3.31. The third-order valence-corrected chi connectivity index (χ3v) is 7.85. The molecular formula is C37H40F4N4O2S. The molecule has 0 unspecified atom stereocenters. The Morgan fingerprint density at radius 1 is 1.02 bits per heavy atom. The number of aromatic nitrogens is 2. The van der Waals surface area contributed by atoms with Gasteiger partial charge in [-0.25, -0.2) is 4.39 Å². The Kier molecular flexibility index (Phi) is 5.86. The summed E-state index contributed by atoms with van der Waals surface area (Å²) < 4.78 is 223. The molecule has 3 aromatic carbocycles. The first kappa shape index (κ1) is 18.2. The lowest BCUT2D eigenvalue weighted by Gasteiger charge is -2.28. The first-order valence-corrected chi connectivity index (χ1v) is 15.3. The summed E-state index contributed by atoms with van der Waals surface area (Å²) in [4.78, 5) is 32.7. The number of rotatable bonds is 13. The van der Waals surface area contributed by atoms with E-state index >= 15 is 4.79 Å². The molecule has 4 aromatic rings. The number of benzene rings is 3. The predicted molar refractivity (Wildman–Crippen MR) is 181 cm³/mol. The van der Waals surface area contributed by atoms with Gasteiger partial charge in [0.25, 0.3) is 5.56 Å². The maximum absolute atomic E-state index is 15.1. The number of halogens is 4. The van der Waals surface area contributed by atoms with Gasteiger partial charge in [-0.05, 0) is 85.1 Å². The zero-order chi connectivity index (χ0) is 51.3. The molecule has 0 fully saturated rings. The summed E-state index contributed by atoms with van der Waals surface area (Å²) in [6.45, 7) is -10.2. The predicted octanol–water partition coefficient (Wildman–Crippen LogP) is 7.53. The van der Waals surface area contributed by atoms with Crippen molar-refractivity contribution in [2.75, 3.05) is 26.1 Å². The van der Waals surface area contributed by atoms with Crippen molar-refractivity contribution in [1.82, 2.24) is 19.4 Å². The van der Waals surface area contributed by atoms with E-state index in [2.05, 4.69) is 4.98 Å². The number of carbonyl (C=O) groups is 1. The van der Waals surface area contributed by atoms with E-state index in [0.29, 0.717) is 21.9 Å². The molecular weight excluding hydrogens is 640 g/mol. The Bertz CT molecular complexity index is 2660. The minimum Gasteiger partial charge on any atom is -0.336 e. The van der Waals surface area contributed by atoms with Gasteiger partial charge in [0.05, 0.1) is 20.6 Å². The van der Waals surface area contributed by atoms with E-state index in [4.69, 9.17) is 20.6 Å². The van der Waals surface area contributed by atoms with E-state index in [1.165, 1.54) is 26.0 Å². The maximum Gasteiger partial charge on any atom is 0.416 e. The average molecular weight is 700 g/mol. The van der Waals surface area contributed by atoms with Gasteiger partial charge in [-0.1, -0.05) is 74.0 Å². The SMILES string of the molecule is [2H]c1c([2H])c(C([2H])([2H])N(C(=O)Cn2c(SCc3ccc(F)cc3)nc(=O)c3c2C([2H])([2H])C([2H])([2H])C3([2H])[2H])C([2H])([2H])C([2H])([2H])N(CC)CC)c([2H])c([2H])c1-c1c([2H])c([2H])c(C(F)(F)F)c(C)c1[2H]. The Balaban J connectivity index is 1.84. The monoisotopic (exact) mass is 699 g/mol. The number of carbonyl (C=O) groups excluding carboxylic acids is 1. The number of thioether (sulfide) groups is 1. The normalized spacial score (nSPS) is 22.6. The summed E-state index contributed by atoms with van der Waals surface area (Å²) in [5, 5.41) is -0.668. The molecule has 0 saturated carbocycles. The molecule has 1 aromatic heterocycles. The van der Waals surface area contributed by atoms with Crippen molar-refractivity contribution in [3.8, 4) is 11.1 Å². The van der Waals surface area contributed by atoms with Gasteiger partial charge in [0.2, 0.25) is 5.91 Å². The fourth-order valence-electron chi connectivity index (χ4n) is 4.29. The molecule has 0 spiro atoms. The van der Waals surface area contributed by atoms with Crippen molar-refractivity contribution in [3.63, 3.8) is 0 Å². The van der Waals surface area contributed by atoms with Gasteiger partial charge < -0.3 is 14.4 Å². The minimum atomic E-state index is -5.25. The third kappa shape index (κ3) is 8.54. The van der Waals surface area contributed by atoms with E-state index in [1.807, 2.05) is 0 Å². The second-order valence-corrected chi connectivity index (χ2v) is 11.0. The number of amides is 1. The second kappa shape index (κ2) is 15.5. The van der Waals surface area contributed by atoms with Crippen LogP contribution in [0.25, 0.3) is 11.1 Å². The van der Waals surface area contributed by atoms with Crippen molar-refractivity contribution in [3.05, 3.63) is 116 Å². The molecule has 0 aliphatic heterocycles. The molecule has 0 atom stereocenters. The van der Waals surface area contributed by atoms with Crippen LogP contribution in [-0.2, 0) is 42.5 Å². The molecule has 1 aliphatic carbocycles. The molecule has 0 bridgehead atoms. The lowest BCUT2D eigenvalue weighted by Crippen LogP contribution is -2.40. The van der Waals surface area contributed by atoms with Crippen LogP contribution in [0.15, 0.2) is 76.5 Å². The van der Waals surface area contributed by atoms with Gasteiger partial charge in [0.1, 0.15) is 12.4 Å². The maximum atomic E-state index is 15.1. The zero-order valence-corrected chi connectivity index (χ0v) is 26.5. The molecule has 1 aliphatic rings. The highest BCUT2D eigenvalue weighted by Gasteiger charge is 2.32. The van der Waals surface area contributed by atoms with E-state index in [-0.39, 0.29) is 18.8 Å². The molecule has 254 valence electrons. The van der Waals surface area contributed by atoms with Crippen LogP contribution in [0.4, 0.5) is 17.6 Å². The van der Waals surface area contributed by atoms with Crippen LogP contribution in [0, 0.1) is 12.7 Å². The number of hydrogen-bond acceptors (Lipinski definition) is 5. The summed E-state index contributed by atoms with van der Waals surface area (Å²) in [6.07, 6.45) is -15.8.